The van der Waals surface area contributed by atoms with Crippen LogP contribution in [0, 0.1) is 5.92 Å². The summed E-state index contributed by atoms with van der Waals surface area (Å²) in [5.41, 5.74) is 1.74. The van der Waals surface area contributed by atoms with Gasteiger partial charge in [-0.25, -0.2) is 0 Å². The number of hydrogen-bond acceptors (Lipinski definition) is 1. The predicted molar refractivity (Wildman–Crippen MR) is 65.5 cm³/mol. The van der Waals surface area contributed by atoms with Crippen molar-refractivity contribution < 1.29 is 0 Å². The third-order valence-electron chi connectivity index (χ3n) is 3.54. The molecule has 1 aromatic carbocycles. The SMILES string of the molecule is CCNCC1CC1(C)c1cccc(Cl)c1. The van der Waals surface area contributed by atoms with Crippen molar-refractivity contribution in [3.05, 3.63) is 34.9 Å². The molecule has 15 heavy (non-hydrogen) atoms. The van der Waals surface area contributed by atoms with E-state index in [4.69, 9.17) is 11.6 Å². The van der Waals surface area contributed by atoms with Gasteiger partial charge in [0.25, 0.3) is 0 Å². The summed E-state index contributed by atoms with van der Waals surface area (Å²) in [6.45, 7) is 6.67. The van der Waals surface area contributed by atoms with Gasteiger partial charge in [-0.3, -0.25) is 0 Å². The summed E-state index contributed by atoms with van der Waals surface area (Å²) in [6.07, 6.45) is 1.28. The van der Waals surface area contributed by atoms with Crippen molar-refractivity contribution in [2.75, 3.05) is 13.1 Å². The molecule has 0 saturated heterocycles. The number of hydrogen-bond donors (Lipinski definition) is 1. The smallest absolute Gasteiger partial charge is 0.0408 e. The quantitative estimate of drug-likeness (QED) is 0.827. The first-order valence-electron chi connectivity index (χ1n) is 5.63. The lowest BCUT2D eigenvalue weighted by atomic mass is 9.95. The number of nitrogens with one attached hydrogen (secondary N) is 1. The predicted octanol–water partition coefficient (Wildman–Crippen LogP) is 3.23. The van der Waals surface area contributed by atoms with Gasteiger partial charge in [0.1, 0.15) is 0 Å². The monoisotopic (exact) mass is 223 g/mol. The third kappa shape index (κ3) is 2.19. The van der Waals surface area contributed by atoms with Crippen LogP contribution in [0.25, 0.3) is 0 Å². The maximum absolute atomic E-state index is 6.02. The second-order valence-electron chi connectivity index (χ2n) is 4.64. The molecule has 1 saturated carbocycles. The first-order valence-corrected chi connectivity index (χ1v) is 6.01. The minimum Gasteiger partial charge on any atom is -0.317 e. The molecule has 0 amide bonds. The first kappa shape index (κ1) is 11.0. The van der Waals surface area contributed by atoms with Crippen molar-refractivity contribution in [3.8, 4) is 0 Å². The van der Waals surface area contributed by atoms with E-state index in [0.29, 0.717) is 5.41 Å². The Hall–Kier alpha value is -0.530. The van der Waals surface area contributed by atoms with Gasteiger partial charge < -0.3 is 5.32 Å². The fourth-order valence-corrected chi connectivity index (χ4v) is 2.46. The fourth-order valence-electron chi connectivity index (χ4n) is 2.27. The lowest BCUT2D eigenvalue weighted by molar-refractivity contribution is 0.591. The minimum absolute atomic E-state index is 0.354. The average molecular weight is 224 g/mol. The van der Waals surface area contributed by atoms with Crippen molar-refractivity contribution in [1.82, 2.24) is 5.32 Å². The Kier molecular flexibility index (Phi) is 3.03. The maximum atomic E-state index is 6.02. The van der Waals surface area contributed by atoms with Crippen molar-refractivity contribution in [2.45, 2.75) is 25.7 Å². The van der Waals surface area contributed by atoms with Crippen LogP contribution in [-0.4, -0.2) is 13.1 Å². The molecule has 2 unspecified atom stereocenters. The molecule has 1 N–H and O–H groups in total. The summed E-state index contributed by atoms with van der Waals surface area (Å²) < 4.78 is 0. The van der Waals surface area contributed by atoms with Crippen molar-refractivity contribution >= 4 is 11.6 Å². The average Bonchev–Trinajstić information content (AvgIpc) is 2.88. The molecule has 1 nitrogen and oxygen atoms in total. The van der Waals surface area contributed by atoms with Gasteiger partial charge in [-0.05, 0) is 48.5 Å². The zero-order valence-corrected chi connectivity index (χ0v) is 10.1. The number of halogens is 1. The van der Waals surface area contributed by atoms with E-state index in [1.165, 1.54) is 12.0 Å². The molecule has 0 aromatic heterocycles. The normalized spacial score (nSPS) is 29.1. The van der Waals surface area contributed by atoms with Gasteiger partial charge in [0.2, 0.25) is 0 Å². The summed E-state index contributed by atoms with van der Waals surface area (Å²) >= 11 is 6.02. The molecule has 2 heteroatoms. The van der Waals surface area contributed by atoms with Crippen LogP contribution in [0.2, 0.25) is 5.02 Å². The van der Waals surface area contributed by atoms with E-state index in [2.05, 4.69) is 31.3 Å². The zero-order valence-electron chi connectivity index (χ0n) is 9.39. The van der Waals surface area contributed by atoms with E-state index in [1.807, 2.05) is 12.1 Å². The van der Waals surface area contributed by atoms with Crippen LogP contribution in [0.3, 0.4) is 0 Å². The zero-order chi connectivity index (χ0) is 10.9. The van der Waals surface area contributed by atoms with Crippen LogP contribution in [0.1, 0.15) is 25.8 Å². The maximum Gasteiger partial charge on any atom is 0.0408 e. The van der Waals surface area contributed by atoms with E-state index >= 15 is 0 Å². The highest BCUT2D eigenvalue weighted by atomic mass is 35.5. The second-order valence-corrected chi connectivity index (χ2v) is 5.07. The van der Waals surface area contributed by atoms with E-state index in [1.54, 1.807) is 0 Å². The van der Waals surface area contributed by atoms with E-state index < -0.39 is 0 Å². The highest BCUT2D eigenvalue weighted by Crippen LogP contribution is 2.53. The summed E-state index contributed by atoms with van der Waals surface area (Å²) in [6, 6.07) is 8.28. The summed E-state index contributed by atoms with van der Waals surface area (Å²) in [4.78, 5) is 0. The van der Waals surface area contributed by atoms with Gasteiger partial charge in [0.05, 0.1) is 0 Å². The molecule has 1 aromatic rings. The highest BCUT2D eigenvalue weighted by Gasteiger charge is 2.50. The Morgan fingerprint density at radius 2 is 2.33 bits per heavy atom. The van der Waals surface area contributed by atoms with Gasteiger partial charge in [0.15, 0.2) is 0 Å². The van der Waals surface area contributed by atoms with E-state index in [9.17, 15) is 0 Å². The summed E-state index contributed by atoms with van der Waals surface area (Å²) in [5, 5.41) is 4.27. The molecule has 0 bridgehead atoms. The highest BCUT2D eigenvalue weighted by molar-refractivity contribution is 6.30. The molecule has 0 spiro atoms. The molecule has 82 valence electrons. The second kappa shape index (κ2) is 4.15. The molecular weight excluding hydrogens is 206 g/mol. The van der Waals surface area contributed by atoms with Crippen LogP contribution in [0.4, 0.5) is 0 Å². The van der Waals surface area contributed by atoms with Crippen molar-refractivity contribution in [1.29, 1.82) is 0 Å². The molecule has 0 aliphatic heterocycles. The molecule has 0 radical (unpaired) electrons. The van der Waals surface area contributed by atoms with Gasteiger partial charge in [-0.2, -0.15) is 0 Å². The van der Waals surface area contributed by atoms with Gasteiger partial charge >= 0.3 is 0 Å². The Labute approximate surface area is 96.8 Å². The Morgan fingerprint density at radius 1 is 1.53 bits per heavy atom. The van der Waals surface area contributed by atoms with Gasteiger partial charge in [0, 0.05) is 5.02 Å². The third-order valence-corrected chi connectivity index (χ3v) is 3.77. The van der Waals surface area contributed by atoms with Crippen LogP contribution in [0.15, 0.2) is 24.3 Å². The Balaban J connectivity index is 2.06. The molecule has 0 heterocycles. The summed E-state index contributed by atoms with van der Waals surface area (Å²) in [5.74, 6) is 0.774. The van der Waals surface area contributed by atoms with Gasteiger partial charge in [-0.15, -0.1) is 0 Å². The van der Waals surface area contributed by atoms with Crippen molar-refractivity contribution in [2.24, 2.45) is 5.92 Å². The number of benzene rings is 1. The van der Waals surface area contributed by atoms with E-state index in [0.717, 1.165) is 24.0 Å². The van der Waals surface area contributed by atoms with E-state index in [-0.39, 0.29) is 0 Å². The largest absolute Gasteiger partial charge is 0.317 e. The summed E-state index contributed by atoms with van der Waals surface area (Å²) in [7, 11) is 0. The van der Waals surface area contributed by atoms with Crippen molar-refractivity contribution in [3.63, 3.8) is 0 Å². The minimum atomic E-state index is 0.354. The fraction of sp³-hybridized carbons (Fsp3) is 0.538. The van der Waals surface area contributed by atoms with Crippen LogP contribution < -0.4 is 5.32 Å². The Bertz CT molecular complexity index is 350. The van der Waals surface area contributed by atoms with Crippen LogP contribution in [-0.2, 0) is 5.41 Å². The molecule has 2 rings (SSSR count). The van der Waals surface area contributed by atoms with Crippen LogP contribution >= 0.6 is 11.6 Å². The molecule has 1 fully saturated rings. The first-order chi connectivity index (χ1) is 7.16. The molecule has 1 aliphatic rings. The molecule has 2 atom stereocenters. The molecular formula is C13H18ClN. The topological polar surface area (TPSA) is 12.0 Å². The lowest BCUT2D eigenvalue weighted by Crippen LogP contribution is -2.19. The lowest BCUT2D eigenvalue weighted by Gasteiger charge is -2.12. The standard InChI is InChI=1S/C13H18ClN/c1-3-15-9-11-8-13(11,2)10-5-4-6-12(14)7-10/h4-7,11,15H,3,8-9H2,1-2H3. The van der Waals surface area contributed by atoms with Crippen LogP contribution in [0.5, 0.6) is 0 Å². The molecule has 1 aliphatic carbocycles. The number of rotatable bonds is 4. The van der Waals surface area contributed by atoms with Gasteiger partial charge in [-0.1, -0.05) is 37.6 Å². The Morgan fingerprint density at radius 3 is 3.00 bits per heavy atom.